The summed E-state index contributed by atoms with van der Waals surface area (Å²) >= 11 is 5.22. The maximum absolute atomic E-state index is 9.60. The number of hydrogen-bond acceptors (Lipinski definition) is 3. The SMILES string of the molecule is CCCC(=O)O.CCOC(=S)N(CC(C)C)CC(C)C. The van der Waals surface area contributed by atoms with Crippen molar-refractivity contribution < 1.29 is 14.6 Å². The fourth-order valence-electron chi connectivity index (χ4n) is 1.53. The summed E-state index contributed by atoms with van der Waals surface area (Å²) in [5.74, 6) is 0.525. The van der Waals surface area contributed by atoms with Crippen LogP contribution in [-0.4, -0.2) is 40.8 Å². The van der Waals surface area contributed by atoms with E-state index in [2.05, 4.69) is 32.6 Å². The van der Waals surface area contributed by atoms with Gasteiger partial charge in [-0.25, -0.2) is 0 Å². The highest BCUT2D eigenvalue weighted by Gasteiger charge is 2.13. The van der Waals surface area contributed by atoms with Gasteiger partial charge in [-0.3, -0.25) is 4.79 Å². The predicted molar refractivity (Wildman–Crippen MR) is 88.0 cm³/mol. The van der Waals surface area contributed by atoms with Crippen LogP contribution >= 0.6 is 12.2 Å². The van der Waals surface area contributed by atoms with Crippen molar-refractivity contribution in [3.63, 3.8) is 0 Å². The van der Waals surface area contributed by atoms with Crippen LogP contribution in [0.5, 0.6) is 0 Å². The first-order chi connectivity index (χ1) is 9.24. The van der Waals surface area contributed by atoms with E-state index in [1.807, 2.05) is 13.8 Å². The zero-order valence-electron chi connectivity index (χ0n) is 13.8. The highest BCUT2D eigenvalue weighted by atomic mass is 32.1. The third-order valence-electron chi connectivity index (χ3n) is 2.16. The van der Waals surface area contributed by atoms with E-state index >= 15 is 0 Å². The molecule has 0 fully saturated rings. The van der Waals surface area contributed by atoms with Crippen molar-refractivity contribution in [2.45, 2.75) is 54.4 Å². The molecule has 4 nitrogen and oxygen atoms in total. The molecule has 0 atom stereocenters. The lowest BCUT2D eigenvalue weighted by atomic mass is 10.1. The molecule has 5 heteroatoms. The van der Waals surface area contributed by atoms with Gasteiger partial charge in [-0.05, 0) is 37.4 Å². The molecule has 0 heterocycles. The van der Waals surface area contributed by atoms with E-state index in [-0.39, 0.29) is 0 Å². The molecule has 0 rings (SSSR count). The first-order valence-electron chi connectivity index (χ1n) is 7.37. The van der Waals surface area contributed by atoms with Crippen molar-refractivity contribution in [3.05, 3.63) is 0 Å². The molecular formula is C15H31NO3S. The van der Waals surface area contributed by atoms with E-state index in [4.69, 9.17) is 22.1 Å². The van der Waals surface area contributed by atoms with Crippen LogP contribution < -0.4 is 0 Å². The molecule has 0 saturated carbocycles. The van der Waals surface area contributed by atoms with Crippen LogP contribution in [0, 0.1) is 11.8 Å². The van der Waals surface area contributed by atoms with Crippen LogP contribution in [0.4, 0.5) is 0 Å². The second kappa shape index (κ2) is 13.2. The van der Waals surface area contributed by atoms with Crippen molar-refractivity contribution in [2.24, 2.45) is 11.8 Å². The standard InChI is InChI=1S/C11H23NOS.C4H8O2/c1-6-13-11(14)12(7-9(2)3)8-10(4)5;1-2-3-4(5)6/h9-10H,6-8H2,1-5H3;2-3H2,1H3,(H,5,6). The maximum Gasteiger partial charge on any atom is 0.303 e. The van der Waals surface area contributed by atoms with E-state index in [0.29, 0.717) is 30.0 Å². The average Bonchev–Trinajstić information content (AvgIpc) is 2.27. The van der Waals surface area contributed by atoms with E-state index < -0.39 is 5.97 Å². The van der Waals surface area contributed by atoms with Gasteiger partial charge in [-0.1, -0.05) is 34.6 Å². The summed E-state index contributed by atoms with van der Waals surface area (Å²) in [4.78, 5) is 11.8. The van der Waals surface area contributed by atoms with E-state index in [1.165, 1.54) is 0 Å². The van der Waals surface area contributed by atoms with Crippen molar-refractivity contribution in [1.29, 1.82) is 0 Å². The second-order valence-corrected chi connectivity index (χ2v) is 5.88. The van der Waals surface area contributed by atoms with Gasteiger partial charge in [-0.15, -0.1) is 0 Å². The first-order valence-corrected chi connectivity index (χ1v) is 7.78. The first kappa shape index (κ1) is 21.5. The number of rotatable bonds is 7. The summed E-state index contributed by atoms with van der Waals surface area (Å²) in [6.45, 7) is 15.2. The number of thiocarbonyl (C=S) groups is 1. The molecule has 0 aliphatic carbocycles. The molecule has 1 N–H and O–H groups in total. The van der Waals surface area contributed by atoms with Crippen LogP contribution in [0.15, 0.2) is 0 Å². The molecule has 0 aliphatic rings. The van der Waals surface area contributed by atoms with Crippen LogP contribution in [0.3, 0.4) is 0 Å². The van der Waals surface area contributed by atoms with Crippen molar-refractivity contribution >= 4 is 23.4 Å². The largest absolute Gasteiger partial charge is 0.481 e. The molecule has 0 spiro atoms. The normalized spacial score (nSPS) is 10.0. The summed E-state index contributed by atoms with van der Waals surface area (Å²) in [5, 5.41) is 8.56. The van der Waals surface area contributed by atoms with E-state index in [9.17, 15) is 4.79 Å². The minimum atomic E-state index is -0.711. The minimum absolute atomic E-state index is 0.292. The number of nitrogens with zero attached hydrogens (tertiary/aromatic N) is 1. The Morgan fingerprint density at radius 3 is 1.80 bits per heavy atom. The third kappa shape index (κ3) is 15.2. The van der Waals surface area contributed by atoms with Gasteiger partial charge in [-0.2, -0.15) is 0 Å². The Morgan fingerprint density at radius 1 is 1.15 bits per heavy atom. The zero-order chi connectivity index (χ0) is 16.1. The Hall–Kier alpha value is -0.840. The average molecular weight is 305 g/mol. The summed E-state index contributed by atoms with van der Waals surface area (Å²) in [5.41, 5.74) is 0. The number of ether oxygens (including phenoxy) is 1. The van der Waals surface area contributed by atoms with Crippen LogP contribution in [0.1, 0.15) is 54.4 Å². The topological polar surface area (TPSA) is 49.8 Å². The molecule has 0 saturated heterocycles. The van der Waals surface area contributed by atoms with Gasteiger partial charge in [0.05, 0.1) is 6.61 Å². The fraction of sp³-hybridized carbons (Fsp3) is 0.867. The van der Waals surface area contributed by atoms with Crippen molar-refractivity contribution in [1.82, 2.24) is 4.90 Å². The Morgan fingerprint density at radius 2 is 1.60 bits per heavy atom. The van der Waals surface area contributed by atoms with Gasteiger partial charge >= 0.3 is 5.97 Å². The molecular weight excluding hydrogens is 274 g/mol. The lowest BCUT2D eigenvalue weighted by molar-refractivity contribution is -0.137. The quantitative estimate of drug-likeness (QED) is 0.725. The highest BCUT2D eigenvalue weighted by molar-refractivity contribution is 7.80. The molecule has 0 unspecified atom stereocenters. The van der Waals surface area contributed by atoms with Crippen LogP contribution in [0.2, 0.25) is 0 Å². The molecule has 0 aromatic rings. The highest BCUT2D eigenvalue weighted by Crippen LogP contribution is 2.06. The zero-order valence-corrected chi connectivity index (χ0v) is 14.6. The minimum Gasteiger partial charge on any atom is -0.481 e. The molecule has 0 aliphatic heterocycles. The van der Waals surface area contributed by atoms with Gasteiger partial charge in [0, 0.05) is 19.5 Å². The van der Waals surface area contributed by atoms with E-state index in [0.717, 1.165) is 19.5 Å². The van der Waals surface area contributed by atoms with Gasteiger partial charge < -0.3 is 14.7 Å². The lowest BCUT2D eigenvalue weighted by Gasteiger charge is -2.27. The monoisotopic (exact) mass is 305 g/mol. The number of carboxylic acids is 1. The maximum atomic E-state index is 9.60. The number of carboxylic acid groups (broad SMARTS) is 1. The Labute approximate surface area is 129 Å². The fourth-order valence-corrected chi connectivity index (χ4v) is 1.80. The molecule has 0 aromatic heterocycles. The molecule has 0 radical (unpaired) electrons. The number of carbonyl (C=O) groups is 1. The summed E-state index contributed by atoms with van der Waals surface area (Å²) in [7, 11) is 0. The Balaban J connectivity index is 0. The third-order valence-corrected chi connectivity index (χ3v) is 2.54. The lowest BCUT2D eigenvalue weighted by Crippen LogP contribution is -2.37. The van der Waals surface area contributed by atoms with Crippen molar-refractivity contribution in [2.75, 3.05) is 19.7 Å². The number of aliphatic carboxylic acids is 1. The predicted octanol–water partition coefficient (Wildman–Crippen LogP) is 3.79. The molecule has 120 valence electrons. The number of hydrogen-bond donors (Lipinski definition) is 1. The van der Waals surface area contributed by atoms with Crippen molar-refractivity contribution in [3.8, 4) is 0 Å². The van der Waals surface area contributed by atoms with Gasteiger partial charge in [0.1, 0.15) is 0 Å². The summed E-state index contributed by atoms with van der Waals surface area (Å²) < 4.78 is 5.36. The summed E-state index contributed by atoms with van der Waals surface area (Å²) in [6.07, 6.45) is 1.02. The van der Waals surface area contributed by atoms with Gasteiger partial charge in [0.25, 0.3) is 5.17 Å². The van der Waals surface area contributed by atoms with Gasteiger partial charge in [0.15, 0.2) is 0 Å². The second-order valence-electron chi connectivity index (χ2n) is 5.54. The van der Waals surface area contributed by atoms with Gasteiger partial charge in [0.2, 0.25) is 0 Å². The molecule has 0 amide bonds. The smallest absolute Gasteiger partial charge is 0.303 e. The summed E-state index contributed by atoms with van der Waals surface area (Å²) in [6, 6.07) is 0. The van der Waals surface area contributed by atoms with E-state index in [1.54, 1.807) is 0 Å². The Bertz CT molecular complexity index is 258. The molecule has 20 heavy (non-hydrogen) atoms. The van der Waals surface area contributed by atoms with Crippen LogP contribution in [0.25, 0.3) is 0 Å². The van der Waals surface area contributed by atoms with Crippen LogP contribution in [-0.2, 0) is 9.53 Å². The molecule has 0 bridgehead atoms. The molecule has 0 aromatic carbocycles. The Kier molecular flexibility index (Phi) is 14.1.